The molecule has 0 fully saturated rings. The third-order valence-electron chi connectivity index (χ3n) is 1.42. The van der Waals surface area contributed by atoms with Crippen LogP contribution in [0.1, 0.15) is 12.6 Å². The second-order valence-electron chi connectivity index (χ2n) is 2.50. The number of rotatable bonds is 2. The highest BCUT2D eigenvalue weighted by molar-refractivity contribution is 6.13. The van der Waals surface area contributed by atoms with Gasteiger partial charge in [0.05, 0.1) is 5.71 Å². The molecule has 13 heavy (non-hydrogen) atoms. The van der Waals surface area contributed by atoms with Crippen molar-refractivity contribution in [2.45, 2.75) is 6.92 Å². The maximum absolute atomic E-state index is 9.39. The highest BCUT2D eigenvalue weighted by Crippen LogP contribution is 2.13. The standard InChI is InChI=1S/C8H10ClN3O/c1-6(11-12(2)9)8-7(13)4-3-5-10-8/h3-5,13H,1-2H3. The van der Waals surface area contributed by atoms with Gasteiger partial charge in [0.25, 0.3) is 0 Å². The first kappa shape index (κ1) is 9.80. The second kappa shape index (κ2) is 4.09. The van der Waals surface area contributed by atoms with E-state index in [1.807, 2.05) is 0 Å². The lowest BCUT2D eigenvalue weighted by Crippen LogP contribution is -2.04. The summed E-state index contributed by atoms with van der Waals surface area (Å²) in [6.45, 7) is 1.72. The van der Waals surface area contributed by atoms with Crippen LogP contribution in [0.25, 0.3) is 0 Å². The number of pyridine rings is 1. The molecule has 70 valence electrons. The molecule has 1 rings (SSSR count). The molecule has 1 heterocycles. The summed E-state index contributed by atoms with van der Waals surface area (Å²) in [7, 11) is 1.59. The van der Waals surface area contributed by atoms with Gasteiger partial charge < -0.3 is 5.11 Å². The third-order valence-corrected chi connectivity index (χ3v) is 1.49. The van der Waals surface area contributed by atoms with Gasteiger partial charge in [-0.05, 0) is 19.1 Å². The van der Waals surface area contributed by atoms with E-state index < -0.39 is 0 Å². The summed E-state index contributed by atoms with van der Waals surface area (Å²) >= 11 is 5.51. The Morgan fingerprint density at radius 2 is 2.38 bits per heavy atom. The average molecular weight is 200 g/mol. The molecule has 0 aliphatic carbocycles. The topological polar surface area (TPSA) is 48.7 Å². The Bertz CT molecular complexity index is 325. The molecule has 1 N–H and O–H groups in total. The minimum Gasteiger partial charge on any atom is -0.506 e. The summed E-state index contributed by atoms with van der Waals surface area (Å²) in [5.74, 6) is 0.0993. The van der Waals surface area contributed by atoms with Crippen LogP contribution in [0, 0.1) is 0 Å². The van der Waals surface area contributed by atoms with E-state index in [-0.39, 0.29) is 5.75 Å². The highest BCUT2D eigenvalue weighted by Gasteiger charge is 2.05. The lowest BCUT2D eigenvalue weighted by Gasteiger charge is -2.04. The molecule has 0 bridgehead atoms. The van der Waals surface area contributed by atoms with Gasteiger partial charge in [-0.15, -0.1) is 0 Å². The molecule has 0 saturated carbocycles. The molecule has 1 aromatic heterocycles. The summed E-state index contributed by atoms with van der Waals surface area (Å²) in [5.41, 5.74) is 1.01. The molecule has 0 atom stereocenters. The van der Waals surface area contributed by atoms with E-state index in [0.29, 0.717) is 11.4 Å². The van der Waals surface area contributed by atoms with Crippen molar-refractivity contribution < 1.29 is 5.11 Å². The first-order valence-corrected chi connectivity index (χ1v) is 4.04. The molecule has 0 aliphatic heterocycles. The molecule has 1 aromatic rings. The lowest BCUT2D eigenvalue weighted by atomic mass is 10.2. The van der Waals surface area contributed by atoms with Gasteiger partial charge in [0.1, 0.15) is 11.4 Å². The molecule has 4 nitrogen and oxygen atoms in total. The molecule has 0 saturated heterocycles. The fourth-order valence-electron chi connectivity index (χ4n) is 0.930. The molecule has 0 spiro atoms. The Morgan fingerprint density at radius 1 is 1.69 bits per heavy atom. The Kier molecular flexibility index (Phi) is 3.08. The van der Waals surface area contributed by atoms with Gasteiger partial charge in [0.2, 0.25) is 0 Å². The van der Waals surface area contributed by atoms with Crippen LogP contribution in [0.15, 0.2) is 23.4 Å². The quantitative estimate of drug-likeness (QED) is 0.447. The monoisotopic (exact) mass is 199 g/mol. The van der Waals surface area contributed by atoms with Crippen molar-refractivity contribution in [1.29, 1.82) is 0 Å². The number of aromatic hydroxyl groups is 1. The Hall–Kier alpha value is -1.29. The Morgan fingerprint density at radius 3 is 2.92 bits per heavy atom. The van der Waals surface area contributed by atoms with Crippen molar-refractivity contribution in [2.24, 2.45) is 5.10 Å². The predicted molar refractivity (Wildman–Crippen MR) is 51.7 cm³/mol. The van der Waals surface area contributed by atoms with Gasteiger partial charge in [0, 0.05) is 25.0 Å². The van der Waals surface area contributed by atoms with Crippen LogP contribution >= 0.6 is 11.8 Å². The van der Waals surface area contributed by atoms with Gasteiger partial charge in [-0.1, -0.05) is 0 Å². The highest BCUT2D eigenvalue weighted by atomic mass is 35.5. The number of hydrogen-bond acceptors (Lipinski definition) is 4. The summed E-state index contributed by atoms with van der Waals surface area (Å²) in [6, 6.07) is 3.20. The predicted octanol–water partition coefficient (Wildman–Crippen LogP) is 1.60. The van der Waals surface area contributed by atoms with Crippen molar-refractivity contribution in [1.82, 2.24) is 9.51 Å². The van der Waals surface area contributed by atoms with Crippen LogP contribution in [0.5, 0.6) is 5.75 Å². The van der Waals surface area contributed by atoms with E-state index in [2.05, 4.69) is 10.1 Å². The zero-order chi connectivity index (χ0) is 9.84. The van der Waals surface area contributed by atoms with Crippen LogP contribution in [-0.4, -0.2) is 27.4 Å². The van der Waals surface area contributed by atoms with Crippen molar-refractivity contribution >= 4 is 17.5 Å². The molecular weight excluding hydrogens is 190 g/mol. The smallest absolute Gasteiger partial charge is 0.143 e. The van der Waals surface area contributed by atoms with Crippen LogP contribution < -0.4 is 0 Å². The van der Waals surface area contributed by atoms with Gasteiger partial charge in [-0.3, -0.25) is 4.98 Å². The van der Waals surface area contributed by atoms with E-state index in [0.717, 1.165) is 4.53 Å². The maximum atomic E-state index is 9.39. The Labute approximate surface area is 81.6 Å². The SMILES string of the molecule is CC(=NN(C)Cl)c1ncccc1O. The number of nitrogens with zero attached hydrogens (tertiary/aromatic N) is 3. The largest absolute Gasteiger partial charge is 0.506 e. The molecule has 0 unspecified atom stereocenters. The first-order valence-electron chi connectivity index (χ1n) is 3.70. The number of hydrogen-bond donors (Lipinski definition) is 1. The van der Waals surface area contributed by atoms with Crippen LogP contribution in [-0.2, 0) is 0 Å². The molecule has 0 radical (unpaired) electrons. The molecule has 0 amide bonds. The normalized spacial score (nSPS) is 11.5. The number of halogens is 1. The summed E-state index contributed by atoms with van der Waals surface area (Å²) < 4.78 is 1.14. The van der Waals surface area contributed by atoms with Crippen molar-refractivity contribution in [3.05, 3.63) is 24.0 Å². The molecule has 0 aromatic carbocycles. The Balaban J connectivity index is 3.02. The number of hydrazone groups is 1. The van der Waals surface area contributed by atoms with Gasteiger partial charge >= 0.3 is 0 Å². The van der Waals surface area contributed by atoms with Crippen LogP contribution in [0.4, 0.5) is 0 Å². The van der Waals surface area contributed by atoms with Crippen molar-refractivity contribution in [3.63, 3.8) is 0 Å². The van der Waals surface area contributed by atoms with E-state index >= 15 is 0 Å². The van der Waals surface area contributed by atoms with Crippen LogP contribution in [0.3, 0.4) is 0 Å². The van der Waals surface area contributed by atoms with E-state index in [4.69, 9.17) is 11.8 Å². The molecular formula is C8H10ClN3O. The molecule has 5 heteroatoms. The lowest BCUT2D eigenvalue weighted by molar-refractivity contribution is 0.470. The van der Waals surface area contributed by atoms with Crippen molar-refractivity contribution in [2.75, 3.05) is 7.05 Å². The molecule has 0 aliphatic rings. The number of aromatic nitrogens is 1. The van der Waals surface area contributed by atoms with Gasteiger partial charge in [-0.2, -0.15) is 5.10 Å². The minimum absolute atomic E-state index is 0.0993. The second-order valence-corrected chi connectivity index (χ2v) is 2.99. The fraction of sp³-hybridized carbons (Fsp3) is 0.250. The summed E-state index contributed by atoms with van der Waals surface area (Å²) in [6.07, 6.45) is 1.59. The van der Waals surface area contributed by atoms with E-state index in [1.54, 1.807) is 32.3 Å². The first-order chi connectivity index (χ1) is 6.11. The van der Waals surface area contributed by atoms with Gasteiger partial charge in [0.15, 0.2) is 0 Å². The zero-order valence-electron chi connectivity index (χ0n) is 7.40. The fourth-order valence-corrected chi connectivity index (χ4v) is 1.04. The zero-order valence-corrected chi connectivity index (χ0v) is 8.15. The summed E-state index contributed by atoms with van der Waals surface area (Å²) in [5, 5.41) is 13.3. The average Bonchev–Trinajstić information content (AvgIpc) is 2.03. The van der Waals surface area contributed by atoms with Crippen LogP contribution in [0.2, 0.25) is 0 Å². The van der Waals surface area contributed by atoms with Crippen molar-refractivity contribution in [3.8, 4) is 5.75 Å². The maximum Gasteiger partial charge on any atom is 0.143 e. The van der Waals surface area contributed by atoms with Gasteiger partial charge in [-0.25, -0.2) is 4.53 Å². The third kappa shape index (κ3) is 2.59. The van der Waals surface area contributed by atoms with E-state index in [1.165, 1.54) is 0 Å². The van der Waals surface area contributed by atoms with E-state index in [9.17, 15) is 5.11 Å². The minimum atomic E-state index is 0.0993. The summed E-state index contributed by atoms with van der Waals surface area (Å²) in [4.78, 5) is 3.97.